The fourth-order valence-corrected chi connectivity index (χ4v) is 4.31. The fraction of sp³-hybridized carbons (Fsp3) is 0.667. The zero-order valence-corrected chi connectivity index (χ0v) is 25.2. The highest BCUT2D eigenvalue weighted by Gasteiger charge is 2.37. The lowest BCUT2D eigenvalue weighted by Crippen LogP contribution is -2.54. The molecule has 1 aromatic rings. The molecule has 4 amide bonds. The van der Waals surface area contributed by atoms with Crippen molar-refractivity contribution in [1.29, 1.82) is 0 Å². The minimum absolute atomic E-state index is 0.00887. The molecule has 0 aliphatic heterocycles. The van der Waals surface area contributed by atoms with Gasteiger partial charge in [0, 0.05) is 19.0 Å². The van der Waals surface area contributed by atoms with Gasteiger partial charge in [-0.05, 0) is 72.4 Å². The van der Waals surface area contributed by atoms with E-state index in [0.717, 1.165) is 42.4 Å². The van der Waals surface area contributed by atoms with Gasteiger partial charge in [-0.2, -0.15) is 0 Å². The van der Waals surface area contributed by atoms with Gasteiger partial charge in [0.15, 0.2) is 0 Å². The summed E-state index contributed by atoms with van der Waals surface area (Å²) in [7, 11) is 0. The predicted octanol–water partition coefficient (Wildman–Crippen LogP) is 4.83. The van der Waals surface area contributed by atoms with Crippen LogP contribution >= 0.6 is 0 Å². The Morgan fingerprint density at radius 1 is 1.00 bits per heavy atom. The maximum Gasteiger partial charge on any atom is 0.408 e. The highest BCUT2D eigenvalue weighted by molar-refractivity contribution is 5.92. The molecule has 9 heteroatoms. The number of rotatable bonds is 15. The Bertz CT molecular complexity index is 971. The highest BCUT2D eigenvalue weighted by Crippen LogP contribution is 2.28. The molecule has 9 nitrogen and oxygen atoms in total. The molecule has 1 aromatic carbocycles. The van der Waals surface area contributed by atoms with Crippen molar-refractivity contribution in [3.8, 4) is 0 Å². The van der Waals surface area contributed by atoms with E-state index in [4.69, 9.17) is 10.5 Å². The third-order valence-corrected chi connectivity index (χ3v) is 6.17. The van der Waals surface area contributed by atoms with Gasteiger partial charge in [-0.3, -0.25) is 14.4 Å². The summed E-state index contributed by atoms with van der Waals surface area (Å²) in [6.07, 6.45) is 3.89. The minimum Gasteiger partial charge on any atom is -0.444 e. The van der Waals surface area contributed by atoms with Gasteiger partial charge < -0.3 is 26.0 Å². The van der Waals surface area contributed by atoms with Gasteiger partial charge in [0.2, 0.25) is 17.7 Å². The van der Waals surface area contributed by atoms with Crippen LogP contribution in [0, 0.1) is 13.8 Å². The first-order valence-electron chi connectivity index (χ1n) is 14.1. The van der Waals surface area contributed by atoms with Gasteiger partial charge in [0.25, 0.3) is 0 Å². The van der Waals surface area contributed by atoms with Crippen molar-refractivity contribution in [2.45, 2.75) is 124 Å². The molecule has 220 valence electrons. The summed E-state index contributed by atoms with van der Waals surface area (Å²) in [5.74, 6) is -1.34. The first-order valence-corrected chi connectivity index (χ1v) is 14.1. The number of hydrogen-bond acceptors (Lipinski definition) is 5. The van der Waals surface area contributed by atoms with Crippen LogP contribution in [-0.2, 0) is 19.1 Å². The molecule has 1 rings (SSSR count). The number of nitrogens with two attached hydrogens (primary N) is 1. The second-order valence-electron chi connectivity index (χ2n) is 11.6. The van der Waals surface area contributed by atoms with E-state index in [1.807, 2.05) is 45.9 Å². The summed E-state index contributed by atoms with van der Waals surface area (Å²) >= 11 is 0. The van der Waals surface area contributed by atoms with Gasteiger partial charge in [-0.1, -0.05) is 56.4 Å². The Labute approximate surface area is 234 Å². The van der Waals surface area contributed by atoms with Crippen molar-refractivity contribution in [2.24, 2.45) is 5.73 Å². The largest absolute Gasteiger partial charge is 0.444 e. The van der Waals surface area contributed by atoms with Crippen LogP contribution in [0.5, 0.6) is 0 Å². The Morgan fingerprint density at radius 2 is 1.64 bits per heavy atom. The lowest BCUT2D eigenvalue weighted by molar-refractivity contribution is -0.143. The number of nitrogens with zero attached hydrogens (tertiary/aromatic N) is 1. The summed E-state index contributed by atoms with van der Waals surface area (Å²) in [6.45, 7) is 15.2. The van der Waals surface area contributed by atoms with E-state index < -0.39 is 35.6 Å². The van der Waals surface area contributed by atoms with Crippen molar-refractivity contribution in [3.63, 3.8) is 0 Å². The minimum atomic E-state index is -1.09. The number of carbonyl (C=O) groups is 4. The molecule has 0 radical (unpaired) electrons. The molecule has 2 unspecified atom stereocenters. The number of aryl methyl sites for hydroxylation is 2. The van der Waals surface area contributed by atoms with E-state index in [2.05, 4.69) is 17.6 Å². The van der Waals surface area contributed by atoms with E-state index in [9.17, 15) is 19.2 Å². The lowest BCUT2D eigenvalue weighted by Gasteiger charge is -2.35. The van der Waals surface area contributed by atoms with Crippen LogP contribution in [0.3, 0.4) is 0 Å². The smallest absolute Gasteiger partial charge is 0.408 e. The van der Waals surface area contributed by atoms with Crippen LogP contribution in [0.15, 0.2) is 18.2 Å². The number of hydrogen-bond donors (Lipinski definition) is 3. The molecular formula is C30H50N4O5. The molecule has 2 atom stereocenters. The summed E-state index contributed by atoms with van der Waals surface area (Å²) in [5.41, 5.74) is 7.18. The summed E-state index contributed by atoms with van der Waals surface area (Å²) in [5, 5.41) is 5.62. The molecule has 0 aliphatic carbocycles. The molecule has 0 bridgehead atoms. The number of benzene rings is 1. The molecule has 0 fully saturated rings. The average molecular weight is 547 g/mol. The first-order chi connectivity index (χ1) is 18.2. The van der Waals surface area contributed by atoms with Gasteiger partial charge in [0.05, 0.1) is 0 Å². The number of nitrogens with one attached hydrogen (secondary N) is 2. The zero-order valence-electron chi connectivity index (χ0n) is 25.2. The van der Waals surface area contributed by atoms with E-state index in [1.54, 1.807) is 25.7 Å². The van der Waals surface area contributed by atoms with Crippen LogP contribution < -0.4 is 16.4 Å². The molecule has 0 aromatic heterocycles. The van der Waals surface area contributed by atoms with Crippen molar-refractivity contribution < 1.29 is 23.9 Å². The molecular weight excluding hydrogens is 496 g/mol. The molecule has 0 spiro atoms. The maximum absolute atomic E-state index is 14.2. The topological polar surface area (TPSA) is 131 Å². The summed E-state index contributed by atoms with van der Waals surface area (Å²) in [6, 6.07) is 3.68. The van der Waals surface area contributed by atoms with E-state index in [1.165, 1.54) is 0 Å². The van der Waals surface area contributed by atoms with Crippen LogP contribution in [0.4, 0.5) is 4.79 Å². The monoisotopic (exact) mass is 546 g/mol. The van der Waals surface area contributed by atoms with Crippen LogP contribution in [0.25, 0.3) is 0 Å². The standard InChI is InChI=1S/C30H50N4O5/c1-9-10-11-12-13-18-34(26(27(36)32-20(2)3)23-19-21(4)14-15-22(23)5)28(37)24(16-17-25(31)35)33-29(38)39-30(6,7)8/h14-15,19-20,24,26H,9-13,16-18H2,1-8H3,(H2,31,35)(H,32,36)(H,33,38). The zero-order chi connectivity index (χ0) is 29.8. The van der Waals surface area contributed by atoms with Gasteiger partial charge in [-0.15, -0.1) is 0 Å². The molecule has 0 heterocycles. The number of carbonyl (C=O) groups excluding carboxylic acids is 4. The van der Waals surface area contributed by atoms with Crippen LogP contribution in [-0.4, -0.2) is 52.9 Å². The van der Waals surface area contributed by atoms with Gasteiger partial charge >= 0.3 is 6.09 Å². The second kappa shape index (κ2) is 16.1. The number of ether oxygens (including phenoxy) is 1. The van der Waals surface area contributed by atoms with E-state index in [-0.39, 0.29) is 24.8 Å². The Kier molecular flexibility index (Phi) is 14.0. The number of unbranched alkanes of at least 4 members (excludes halogenated alkanes) is 4. The quantitative estimate of drug-likeness (QED) is 0.271. The van der Waals surface area contributed by atoms with Crippen LogP contribution in [0.1, 0.15) is 109 Å². The number of alkyl carbamates (subject to hydrolysis) is 1. The molecule has 4 N–H and O–H groups in total. The first kappa shape index (κ1) is 33.9. The Morgan fingerprint density at radius 3 is 2.21 bits per heavy atom. The third kappa shape index (κ3) is 12.5. The average Bonchev–Trinajstić information content (AvgIpc) is 2.80. The number of primary amides is 1. The third-order valence-electron chi connectivity index (χ3n) is 6.17. The van der Waals surface area contributed by atoms with E-state index >= 15 is 0 Å². The normalized spacial score (nSPS) is 12.9. The lowest BCUT2D eigenvalue weighted by atomic mass is 9.95. The predicted molar refractivity (Wildman–Crippen MR) is 154 cm³/mol. The molecule has 39 heavy (non-hydrogen) atoms. The Balaban J connectivity index is 3.56. The number of amides is 4. The Hall–Kier alpha value is -3.10. The SMILES string of the molecule is CCCCCCCN(C(=O)C(CCC(N)=O)NC(=O)OC(C)(C)C)C(C(=O)NC(C)C)c1cc(C)ccc1C. The van der Waals surface area contributed by atoms with Crippen molar-refractivity contribution in [2.75, 3.05) is 6.54 Å². The summed E-state index contributed by atoms with van der Waals surface area (Å²) in [4.78, 5) is 53.8. The molecule has 0 saturated carbocycles. The maximum atomic E-state index is 14.2. The van der Waals surface area contributed by atoms with E-state index in [0.29, 0.717) is 13.0 Å². The second-order valence-corrected chi connectivity index (χ2v) is 11.6. The molecule has 0 aliphatic rings. The van der Waals surface area contributed by atoms with Crippen molar-refractivity contribution >= 4 is 23.8 Å². The fourth-order valence-electron chi connectivity index (χ4n) is 4.31. The van der Waals surface area contributed by atoms with Crippen molar-refractivity contribution in [3.05, 3.63) is 34.9 Å². The molecule has 0 saturated heterocycles. The van der Waals surface area contributed by atoms with Crippen molar-refractivity contribution in [1.82, 2.24) is 15.5 Å². The summed E-state index contributed by atoms with van der Waals surface area (Å²) < 4.78 is 5.39. The van der Waals surface area contributed by atoms with Gasteiger partial charge in [0.1, 0.15) is 17.7 Å². The highest BCUT2D eigenvalue weighted by atomic mass is 16.6. The van der Waals surface area contributed by atoms with Crippen LogP contribution in [0.2, 0.25) is 0 Å². The van der Waals surface area contributed by atoms with Gasteiger partial charge in [-0.25, -0.2) is 4.79 Å².